The first kappa shape index (κ1) is 13.1. The summed E-state index contributed by atoms with van der Waals surface area (Å²) in [6.45, 7) is 0. The molecule has 3 rings (SSSR count). The summed E-state index contributed by atoms with van der Waals surface area (Å²) in [6, 6.07) is 7.41. The molecular formula is C15H11FN2O3. The second-order valence-electron chi connectivity index (χ2n) is 4.43. The third kappa shape index (κ3) is 2.20. The number of rotatable bonds is 3. The molecule has 106 valence electrons. The number of methoxy groups -OCH3 is 1. The van der Waals surface area contributed by atoms with Crippen molar-refractivity contribution in [1.29, 1.82) is 0 Å². The van der Waals surface area contributed by atoms with Crippen LogP contribution in [0.25, 0.3) is 16.9 Å². The molecule has 1 aromatic carbocycles. The number of pyridine rings is 1. The van der Waals surface area contributed by atoms with E-state index in [4.69, 9.17) is 9.84 Å². The molecule has 1 N–H and O–H groups in total. The van der Waals surface area contributed by atoms with Crippen LogP contribution in [-0.4, -0.2) is 27.6 Å². The molecule has 0 amide bonds. The fourth-order valence-electron chi connectivity index (χ4n) is 2.16. The molecule has 5 nitrogen and oxygen atoms in total. The Balaban J connectivity index is 2.20. The fourth-order valence-corrected chi connectivity index (χ4v) is 2.16. The van der Waals surface area contributed by atoms with Crippen molar-refractivity contribution in [2.75, 3.05) is 7.11 Å². The number of ether oxygens (including phenoxy) is 1. The fraction of sp³-hybridized carbons (Fsp3) is 0.0667. The van der Waals surface area contributed by atoms with Gasteiger partial charge in [-0.2, -0.15) is 0 Å². The second-order valence-corrected chi connectivity index (χ2v) is 4.43. The van der Waals surface area contributed by atoms with E-state index in [1.165, 1.54) is 25.3 Å². The SMILES string of the molecule is COc1cccc(F)c1-c1cn2ccc(C(=O)O)cc2n1. The summed E-state index contributed by atoms with van der Waals surface area (Å²) < 4.78 is 20.8. The van der Waals surface area contributed by atoms with Crippen molar-refractivity contribution < 1.29 is 19.0 Å². The maximum absolute atomic E-state index is 14.0. The molecule has 0 aliphatic rings. The van der Waals surface area contributed by atoms with Gasteiger partial charge in [-0.15, -0.1) is 0 Å². The maximum Gasteiger partial charge on any atom is 0.335 e. The van der Waals surface area contributed by atoms with Gasteiger partial charge in [-0.05, 0) is 24.3 Å². The highest BCUT2D eigenvalue weighted by Gasteiger charge is 2.15. The van der Waals surface area contributed by atoms with Crippen molar-refractivity contribution in [2.24, 2.45) is 0 Å². The van der Waals surface area contributed by atoms with Gasteiger partial charge in [0.2, 0.25) is 0 Å². The van der Waals surface area contributed by atoms with Crippen molar-refractivity contribution in [3.63, 3.8) is 0 Å². The lowest BCUT2D eigenvalue weighted by molar-refractivity contribution is 0.0697. The van der Waals surface area contributed by atoms with Gasteiger partial charge >= 0.3 is 5.97 Å². The van der Waals surface area contributed by atoms with E-state index in [9.17, 15) is 9.18 Å². The molecule has 0 bridgehead atoms. The van der Waals surface area contributed by atoms with Crippen LogP contribution in [0.3, 0.4) is 0 Å². The second kappa shape index (κ2) is 4.90. The van der Waals surface area contributed by atoms with Gasteiger partial charge in [0.05, 0.1) is 23.9 Å². The number of nitrogens with zero attached hydrogens (tertiary/aromatic N) is 2. The largest absolute Gasteiger partial charge is 0.496 e. The normalized spacial score (nSPS) is 10.8. The monoisotopic (exact) mass is 286 g/mol. The first-order valence-corrected chi connectivity index (χ1v) is 6.15. The van der Waals surface area contributed by atoms with Crippen LogP contribution >= 0.6 is 0 Å². The number of carboxylic acids is 1. The Morgan fingerprint density at radius 1 is 1.38 bits per heavy atom. The lowest BCUT2D eigenvalue weighted by Gasteiger charge is -2.06. The predicted molar refractivity (Wildman–Crippen MR) is 74.1 cm³/mol. The van der Waals surface area contributed by atoms with E-state index in [-0.39, 0.29) is 11.1 Å². The Morgan fingerprint density at radius 3 is 2.90 bits per heavy atom. The van der Waals surface area contributed by atoms with Gasteiger partial charge in [0.15, 0.2) is 0 Å². The van der Waals surface area contributed by atoms with Crippen LogP contribution in [0.15, 0.2) is 42.7 Å². The number of imidazole rings is 1. The summed E-state index contributed by atoms with van der Waals surface area (Å²) in [5.41, 5.74) is 1.18. The summed E-state index contributed by atoms with van der Waals surface area (Å²) in [6.07, 6.45) is 3.20. The predicted octanol–water partition coefficient (Wildman–Crippen LogP) is 2.85. The molecule has 0 saturated carbocycles. The van der Waals surface area contributed by atoms with Gasteiger partial charge in [0.1, 0.15) is 17.2 Å². The summed E-state index contributed by atoms with van der Waals surface area (Å²) in [5, 5.41) is 8.98. The molecular weight excluding hydrogens is 275 g/mol. The van der Waals surface area contributed by atoms with E-state index in [1.807, 2.05) is 0 Å². The van der Waals surface area contributed by atoms with Crippen LogP contribution in [0.2, 0.25) is 0 Å². The van der Waals surface area contributed by atoms with Crippen LogP contribution < -0.4 is 4.74 Å². The summed E-state index contributed by atoms with van der Waals surface area (Å²) >= 11 is 0. The van der Waals surface area contributed by atoms with Gasteiger partial charge in [0, 0.05) is 12.4 Å². The Bertz CT molecular complexity index is 842. The lowest BCUT2D eigenvalue weighted by Crippen LogP contribution is -1.96. The van der Waals surface area contributed by atoms with Crippen LogP contribution in [0.4, 0.5) is 4.39 Å². The van der Waals surface area contributed by atoms with E-state index in [0.717, 1.165) is 0 Å². The lowest BCUT2D eigenvalue weighted by atomic mass is 10.1. The van der Waals surface area contributed by atoms with Gasteiger partial charge in [-0.25, -0.2) is 14.2 Å². The standard InChI is InChI=1S/C15H11FN2O3/c1-21-12-4-2-3-10(16)14(12)11-8-18-6-5-9(15(19)20)7-13(18)17-11/h2-8H,1H3,(H,19,20). The van der Waals surface area contributed by atoms with Crippen molar-refractivity contribution in [2.45, 2.75) is 0 Å². The van der Waals surface area contributed by atoms with Crippen LogP contribution in [-0.2, 0) is 0 Å². The van der Waals surface area contributed by atoms with Crippen molar-refractivity contribution in [3.05, 3.63) is 54.1 Å². The Hall–Kier alpha value is -2.89. The summed E-state index contributed by atoms with van der Waals surface area (Å²) in [5.74, 6) is -1.11. The van der Waals surface area contributed by atoms with Gasteiger partial charge in [-0.1, -0.05) is 6.07 Å². The first-order chi connectivity index (χ1) is 10.1. The minimum absolute atomic E-state index is 0.125. The Morgan fingerprint density at radius 2 is 2.19 bits per heavy atom. The number of hydrogen-bond acceptors (Lipinski definition) is 3. The number of carboxylic acid groups (broad SMARTS) is 1. The van der Waals surface area contributed by atoms with Crippen LogP contribution in [0.1, 0.15) is 10.4 Å². The molecule has 0 unspecified atom stereocenters. The molecule has 3 aromatic rings. The highest BCUT2D eigenvalue weighted by molar-refractivity contribution is 5.88. The number of aromatic nitrogens is 2. The van der Waals surface area contributed by atoms with E-state index in [1.54, 1.807) is 28.9 Å². The van der Waals surface area contributed by atoms with E-state index in [0.29, 0.717) is 17.1 Å². The molecule has 6 heteroatoms. The number of aromatic carboxylic acids is 1. The molecule has 0 spiro atoms. The topological polar surface area (TPSA) is 63.8 Å². The maximum atomic E-state index is 14.0. The number of benzene rings is 1. The van der Waals surface area contributed by atoms with E-state index < -0.39 is 11.8 Å². The van der Waals surface area contributed by atoms with Crippen molar-refractivity contribution in [3.8, 4) is 17.0 Å². The third-order valence-electron chi connectivity index (χ3n) is 3.16. The molecule has 0 saturated heterocycles. The molecule has 0 aliphatic heterocycles. The minimum atomic E-state index is -1.04. The zero-order chi connectivity index (χ0) is 15.0. The zero-order valence-corrected chi connectivity index (χ0v) is 11.1. The zero-order valence-electron chi connectivity index (χ0n) is 11.1. The third-order valence-corrected chi connectivity index (χ3v) is 3.16. The van der Waals surface area contributed by atoms with E-state index in [2.05, 4.69) is 4.98 Å². The molecule has 2 aromatic heterocycles. The number of fused-ring (bicyclic) bond motifs is 1. The van der Waals surface area contributed by atoms with Crippen molar-refractivity contribution in [1.82, 2.24) is 9.38 Å². The number of hydrogen-bond donors (Lipinski definition) is 1. The molecule has 21 heavy (non-hydrogen) atoms. The first-order valence-electron chi connectivity index (χ1n) is 6.15. The smallest absolute Gasteiger partial charge is 0.335 e. The molecule has 0 radical (unpaired) electrons. The summed E-state index contributed by atoms with van der Waals surface area (Å²) in [7, 11) is 1.45. The van der Waals surface area contributed by atoms with Crippen molar-refractivity contribution >= 4 is 11.6 Å². The Labute approximate surface area is 119 Å². The molecule has 0 atom stereocenters. The average molecular weight is 286 g/mol. The quantitative estimate of drug-likeness (QED) is 0.804. The number of halogens is 1. The van der Waals surface area contributed by atoms with Crippen LogP contribution in [0, 0.1) is 5.82 Å². The van der Waals surface area contributed by atoms with Crippen LogP contribution in [0.5, 0.6) is 5.75 Å². The molecule has 2 heterocycles. The van der Waals surface area contributed by atoms with Gasteiger partial charge < -0.3 is 14.2 Å². The highest BCUT2D eigenvalue weighted by atomic mass is 19.1. The molecule has 0 fully saturated rings. The highest BCUT2D eigenvalue weighted by Crippen LogP contribution is 2.31. The Kier molecular flexibility index (Phi) is 3.06. The van der Waals surface area contributed by atoms with Gasteiger partial charge in [0.25, 0.3) is 0 Å². The average Bonchev–Trinajstić information content (AvgIpc) is 2.88. The minimum Gasteiger partial charge on any atom is -0.496 e. The number of carbonyl (C=O) groups is 1. The van der Waals surface area contributed by atoms with E-state index >= 15 is 0 Å². The summed E-state index contributed by atoms with van der Waals surface area (Å²) in [4.78, 5) is 15.2. The molecule has 0 aliphatic carbocycles. The van der Waals surface area contributed by atoms with Gasteiger partial charge in [-0.3, -0.25) is 0 Å².